The molecule has 0 saturated carbocycles. The van der Waals surface area contributed by atoms with Gasteiger partial charge in [0.2, 0.25) is 0 Å². The molecule has 0 saturated heterocycles. The maximum absolute atomic E-state index is 11.4. The summed E-state index contributed by atoms with van der Waals surface area (Å²) in [6.07, 6.45) is 6.44. The van der Waals surface area contributed by atoms with Gasteiger partial charge in [-0.3, -0.25) is 9.78 Å². The molecule has 0 aliphatic heterocycles. The van der Waals surface area contributed by atoms with Crippen molar-refractivity contribution in [2.45, 2.75) is 6.92 Å². The first kappa shape index (κ1) is 10.6. The fourth-order valence-electron chi connectivity index (χ4n) is 0.920. The molecule has 1 aromatic heterocycles. The van der Waals surface area contributed by atoms with Crippen LogP contribution in [0.3, 0.4) is 0 Å². The number of hydrogen-bond acceptors (Lipinski definition) is 2. The van der Waals surface area contributed by atoms with Crippen LogP contribution in [0.1, 0.15) is 16.1 Å². The molecule has 1 N–H and O–H groups in total. The second kappa shape index (κ2) is 4.64. The van der Waals surface area contributed by atoms with Crippen molar-refractivity contribution in [2.24, 2.45) is 0 Å². The van der Waals surface area contributed by atoms with Gasteiger partial charge in [0, 0.05) is 11.9 Å². The molecule has 0 atom stereocenters. The molecular formula is C10H9ClN2O. The highest BCUT2D eigenvalue weighted by Gasteiger charge is 2.09. The lowest BCUT2D eigenvalue weighted by atomic mass is 10.2. The van der Waals surface area contributed by atoms with Crippen molar-refractivity contribution in [2.75, 3.05) is 6.54 Å². The smallest absolute Gasteiger partial charge is 0.255 e. The van der Waals surface area contributed by atoms with E-state index in [9.17, 15) is 4.79 Å². The maximum Gasteiger partial charge on any atom is 0.255 e. The van der Waals surface area contributed by atoms with E-state index in [0.29, 0.717) is 10.6 Å². The Morgan fingerprint density at radius 3 is 3.07 bits per heavy atom. The molecule has 1 heterocycles. The number of halogens is 1. The van der Waals surface area contributed by atoms with E-state index in [4.69, 9.17) is 18.0 Å². The van der Waals surface area contributed by atoms with E-state index in [1.54, 1.807) is 13.0 Å². The van der Waals surface area contributed by atoms with E-state index in [1.165, 1.54) is 6.20 Å². The number of carbonyl (C=O) groups is 1. The molecule has 72 valence electrons. The fourth-order valence-corrected chi connectivity index (χ4v) is 1.21. The molecule has 0 aliphatic carbocycles. The number of carbonyl (C=O) groups excluding carboxylic acids is 1. The summed E-state index contributed by atoms with van der Waals surface area (Å²) < 4.78 is 0. The molecule has 0 radical (unpaired) electrons. The number of amides is 1. The molecule has 0 aliphatic rings. The molecule has 4 heteroatoms. The summed E-state index contributed by atoms with van der Waals surface area (Å²) in [5, 5.41) is 2.89. The first-order valence-electron chi connectivity index (χ1n) is 3.99. The average molecular weight is 209 g/mol. The molecule has 0 spiro atoms. The second-order valence-corrected chi connectivity index (χ2v) is 3.10. The average Bonchev–Trinajstić information content (AvgIpc) is 2.14. The van der Waals surface area contributed by atoms with Crippen LogP contribution in [0.4, 0.5) is 0 Å². The maximum atomic E-state index is 11.4. The standard InChI is InChI=1S/C10H9ClN2O/c1-3-4-12-10(14)8-6-13-7(2)5-9(8)11/h1,5-6H,4H2,2H3,(H,12,14). The van der Waals surface area contributed by atoms with Gasteiger partial charge in [-0.2, -0.15) is 0 Å². The number of nitrogens with zero attached hydrogens (tertiary/aromatic N) is 1. The lowest BCUT2D eigenvalue weighted by Gasteiger charge is -2.03. The van der Waals surface area contributed by atoms with Crippen LogP contribution in [0.2, 0.25) is 5.02 Å². The van der Waals surface area contributed by atoms with Gasteiger partial charge in [-0.15, -0.1) is 6.42 Å². The summed E-state index contributed by atoms with van der Waals surface area (Å²) in [4.78, 5) is 15.4. The summed E-state index contributed by atoms with van der Waals surface area (Å²) in [6, 6.07) is 1.63. The predicted octanol–water partition coefficient (Wildman–Crippen LogP) is 1.41. The summed E-state index contributed by atoms with van der Waals surface area (Å²) in [5.41, 5.74) is 1.11. The quantitative estimate of drug-likeness (QED) is 0.747. The Balaban J connectivity index is 2.86. The third-order valence-electron chi connectivity index (χ3n) is 1.59. The summed E-state index contributed by atoms with van der Waals surface area (Å²) in [5.74, 6) is 2.00. The topological polar surface area (TPSA) is 42.0 Å². The Morgan fingerprint density at radius 2 is 2.50 bits per heavy atom. The van der Waals surface area contributed by atoms with Crippen LogP contribution >= 0.6 is 11.6 Å². The summed E-state index contributed by atoms with van der Waals surface area (Å²) >= 11 is 5.85. The number of rotatable bonds is 2. The second-order valence-electron chi connectivity index (χ2n) is 2.69. The van der Waals surface area contributed by atoms with Crippen molar-refractivity contribution in [1.82, 2.24) is 10.3 Å². The molecule has 0 fully saturated rings. The molecule has 0 bridgehead atoms. The Labute approximate surface area is 87.5 Å². The largest absolute Gasteiger partial charge is 0.341 e. The van der Waals surface area contributed by atoms with Crippen molar-refractivity contribution < 1.29 is 4.79 Å². The number of aryl methyl sites for hydroxylation is 1. The van der Waals surface area contributed by atoms with E-state index in [0.717, 1.165) is 5.69 Å². The molecular weight excluding hydrogens is 200 g/mol. The highest BCUT2D eigenvalue weighted by molar-refractivity contribution is 6.33. The predicted molar refractivity (Wildman–Crippen MR) is 55.2 cm³/mol. The molecule has 0 unspecified atom stereocenters. The van der Waals surface area contributed by atoms with Crippen LogP contribution in [-0.2, 0) is 0 Å². The number of pyridine rings is 1. The number of hydrogen-bond donors (Lipinski definition) is 1. The molecule has 14 heavy (non-hydrogen) atoms. The van der Waals surface area contributed by atoms with Gasteiger partial charge in [-0.25, -0.2) is 0 Å². The van der Waals surface area contributed by atoms with Gasteiger partial charge in [-0.1, -0.05) is 17.5 Å². The Bertz CT molecular complexity index is 396. The van der Waals surface area contributed by atoms with Gasteiger partial charge in [0.1, 0.15) is 0 Å². The highest BCUT2D eigenvalue weighted by Crippen LogP contribution is 2.15. The van der Waals surface area contributed by atoms with Gasteiger partial charge in [0.25, 0.3) is 5.91 Å². The van der Waals surface area contributed by atoms with Gasteiger partial charge in [0.05, 0.1) is 17.1 Å². The zero-order chi connectivity index (χ0) is 10.6. The van der Waals surface area contributed by atoms with Crippen LogP contribution in [0, 0.1) is 19.3 Å². The Kier molecular flexibility index (Phi) is 3.49. The Hall–Kier alpha value is -1.53. The first-order valence-corrected chi connectivity index (χ1v) is 4.36. The van der Waals surface area contributed by atoms with Crippen LogP contribution < -0.4 is 5.32 Å². The first-order chi connectivity index (χ1) is 6.65. The number of nitrogens with one attached hydrogen (secondary N) is 1. The third-order valence-corrected chi connectivity index (χ3v) is 1.90. The minimum absolute atomic E-state index is 0.184. The molecule has 0 aromatic carbocycles. The lowest BCUT2D eigenvalue weighted by Crippen LogP contribution is -2.24. The van der Waals surface area contributed by atoms with Crippen molar-refractivity contribution in [1.29, 1.82) is 0 Å². The SMILES string of the molecule is C#CCNC(=O)c1cnc(C)cc1Cl. The third kappa shape index (κ3) is 2.48. The van der Waals surface area contributed by atoms with E-state index in [2.05, 4.69) is 16.2 Å². The van der Waals surface area contributed by atoms with Gasteiger partial charge < -0.3 is 5.32 Å². The van der Waals surface area contributed by atoms with E-state index >= 15 is 0 Å². The molecule has 3 nitrogen and oxygen atoms in total. The monoisotopic (exact) mass is 208 g/mol. The van der Waals surface area contributed by atoms with Crippen LogP contribution in [-0.4, -0.2) is 17.4 Å². The van der Waals surface area contributed by atoms with Crippen molar-refractivity contribution in [3.8, 4) is 12.3 Å². The zero-order valence-corrected chi connectivity index (χ0v) is 8.43. The number of terminal acetylenes is 1. The highest BCUT2D eigenvalue weighted by atomic mass is 35.5. The van der Waals surface area contributed by atoms with Crippen LogP contribution in [0.15, 0.2) is 12.3 Å². The molecule has 1 amide bonds. The lowest BCUT2D eigenvalue weighted by molar-refractivity contribution is 0.0958. The Morgan fingerprint density at radius 1 is 1.79 bits per heavy atom. The van der Waals surface area contributed by atoms with E-state index in [-0.39, 0.29) is 12.5 Å². The van der Waals surface area contributed by atoms with Crippen molar-refractivity contribution in [3.63, 3.8) is 0 Å². The van der Waals surface area contributed by atoms with Gasteiger partial charge in [-0.05, 0) is 13.0 Å². The van der Waals surface area contributed by atoms with E-state index < -0.39 is 0 Å². The fraction of sp³-hybridized carbons (Fsp3) is 0.200. The zero-order valence-electron chi connectivity index (χ0n) is 7.67. The molecule has 1 aromatic rings. The summed E-state index contributed by atoms with van der Waals surface area (Å²) in [6.45, 7) is 1.98. The van der Waals surface area contributed by atoms with Crippen molar-refractivity contribution >= 4 is 17.5 Å². The summed E-state index contributed by atoms with van der Waals surface area (Å²) in [7, 11) is 0. The van der Waals surface area contributed by atoms with Crippen LogP contribution in [0.25, 0.3) is 0 Å². The minimum atomic E-state index is -0.305. The number of aromatic nitrogens is 1. The van der Waals surface area contributed by atoms with Crippen LogP contribution in [0.5, 0.6) is 0 Å². The normalized spacial score (nSPS) is 9.21. The van der Waals surface area contributed by atoms with Gasteiger partial charge in [0.15, 0.2) is 0 Å². The van der Waals surface area contributed by atoms with E-state index in [1.807, 2.05) is 0 Å². The van der Waals surface area contributed by atoms with Crippen molar-refractivity contribution in [3.05, 3.63) is 28.5 Å². The van der Waals surface area contributed by atoms with Gasteiger partial charge >= 0.3 is 0 Å². The minimum Gasteiger partial charge on any atom is -0.341 e. The molecule has 1 rings (SSSR count).